The lowest BCUT2D eigenvalue weighted by Crippen LogP contribution is -2.52. The third-order valence-electron chi connectivity index (χ3n) is 4.10. The van der Waals surface area contributed by atoms with Crippen molar-refractivity contribution in [1.29, 1.82) is 0 Å². The van der Waals surface area contributed by atoms with Crippen LogP contribution in [-0.2, 0) is 4.79 Å². The molecule has 1 aliphatic heterocycles. The predicted molar refractivity (Wildman–Crippen MR) is 62.5 cm³/mol. The lowest BCUT2D eigenvalue weighted by atomic mass is 9.75. The topological polar surface area (TPSA) is 53.5 Å². The maximum Gasteiger partial charge on any atom is 0.391 e. The van der Waals surface area contributed by atoms with Crippen molar-refractivity contribution in [3.63, 3.8) is 0 Å². The molecule has 3 rings (SSSR count). The Balaban J connectivity index is 1.77. The van der Waals surface area contributed by atoms with Crippen molar-refractivity contribution in [3.05, 3.63) is 0 Å². The monoisotopic (exact) mass is 275 g/mol. The van der Waals surface area contributed by atoms with E-state index >= 15 is 0 Å². The van der Waals surface area contributed by atoms with E-state index < -0.39 is 17.6 Å². The Morgan fingerprint density at radius 3 is 2.63 bits per heavy atom. The summed E-state index contributed by atoms with van der Waals surface area (Å²) in [5.41, 5.74) is -1.10. The summed E-state index contributed by atoms with van der Waals surface area (Å²) in [4.78, 5) is 16.3. The molecule has 2 N–H and O–H groups in total. The molecule has 3 aliphatic rings. The summed E-state index contributed by atoms with van der Waals surface area (Å²) in [6.45, 7) is 0. The van der Waals surface area contributed by atoms with Gasteiger partial charge in [0, 0.05) is 0 Å². The first-order valence-electron chi connectivity index (χ1n) is 6.63. The van der Waals surface area contributed by atoms with E-state index in [-0.39, 0.29) is 24.8 Å². The lowest BCUT2D eigenvalue weighted by Gasteiger charge is -2.36. The Kier molecular flexibility index (Phi) is 2.76. The highest BCUT2D eigenvalue weighted by molar-refractivity contribution is 6.09. The number of hydrogen-bond donors (Lipinski definition) is 2. The van der Waals surface area contributed by atoms with Crippen molar-refractivity contribution in [1.82, 2.24) is 10.6 Å². The number of rotatable bonds is 1. The number of guanidine groups is 1. The molecule has 1 saturated heterocycles. The molecule has 0 aromatic rings. The first-order chi connectivity index (χ1) is 8.89. The van der Waals surface area contributed by atoms with Crippen LogP contribution in [0.5, 0.6) is 0 Å². The number of nitrogens with zero attached hydrogens (tertiary/aromatic N) is 1. The van der Waals surface area contributed by atoms with Crippen molar-refractivity contribution in [2.24, 2.45) is 10.9 Å². The Labute approximate surface area is 108 Å². The lowest BCUT2D eigenvalue weighted by molar-refractivity contribution is -0.187. The molecule has 1 heterocycles. The van der Waals surface area contributed by atoms with Gasteiger partial charge in [-0.2, -0.15) is 13.2 Å². The molecular weight excluding hydrogens is 259 g/mol. The van der Waals surface area contributed by atoms with Gasteiger partial charge < -0.3 is 5.32 Å². The molecule has 2 atom stereocenters. The second-order valence-corrected chi connectivity index (χ2v) is 5.70. The first kappa shape index (κ1) is 12.7. The van der Waals surface area contributed by atoms with E-state index in [2.05, 4.69) is 15.6 Å². The molecule has 1 amide bonds. The number of alkyl halides is 3. The van der Waals surface area contributed by atoms with Gasteiger partial charge in [0.2, 0.25) is 0 Å². The summed E-state index contributed by atoms with van der Waals surface area (Å²) in [6.07, 6.45) is -1.50. The Morgan fingerprint density at radius 1 is 1.26 bits per heavy atom. The van der Waals surface area contributed by atoms with Crippen molar-refractivity contribution in [3.8, 4) is 0 Å². The van der Waals surface area contributed by atoms with Crippen molar-refractivity contribution < 1.29 is 18.0 Å². The van der Waals surface area contributed by atoms with Crippen LogP contribution in [-0.4, -0.2) is 29.6 Å². The van der Waals surface area contributed by atoms with Gasteiger partial charge in [-0.05, 0) is 38.5 Å². The number of carbonyl (C=O) groups is 1. The van der Waals surface area contributed by atoms with Crippen molar-refractivity contribution in [2.75, 3.05) is 0 Å². The highest BCUT2D eigenvalue weighted by atomic mass is 19.4. The molecule has 19 heavy (non-hydrogen) atoms. The summed E-state index contributed by atoms with van der Waals surface area (Å²) in [7, 11) is 0. The number of carbonyl (C=O) groups excluding carboxylic acids is 1. The molecule has 4 nitrogen and oxygen atoms in total. The second-order valence-electron chi connectivity index (χ2n) is 5.70. The van der Waals surface area contributed by atoms with E-state index in [0.29, 0.717) is 18.8 Å². The molecule has 106 valence electrons. The minimum atomic E-state index is -4.23. The van der Waals surface area contributed by atoms with E-state index in [1.165, 1.54) is 0 Å². The maximum absolute atomic E-state index is 12.8. The summed E-state index contributed by atoms with van der Waals surface area (Å²) < 4.78 is 38.5. The van der Waals surface area contributed by atoms with E-state index in [9.17, 15) is 18.0 Å². The SMILES string of the molecule is O=C1NC(=NC2CC2)NC12CCCC(C(F)(F)F)C2. The molecule has 7 heteroatoms. The largest absolute Gasteiger partial charge is 0.391 e. The Morgan fingerprint density at radius 2 is 2.00 bits per heavy atom. The van der Waals surface area contributed by atoms with Gasteiger partial charge in [0.25, 0.3) is 5.91 Å². The van der Waals surface area contributed by atoms with Crippen LogP contribution >= 0.6 is 0 Å². The van der Waals surface area contributed by atoms with Crippen LogP contribution in [0.25, 0.3) is 0 Å². The smallest absolute Gasteiger partial charge is 0.342 e. The molecule has 3 fully saturated rings. The molecule has 0 aromatic carbocycles. The minimum absolute atomic E-state index is 0.106. The minimum Gasteiger partial charge on any atom is -0.342 e. The van der Waals surface area contributed by atoms with Gasteiger partial charge in [-0.15, -0.1) is 0 Å². The Bertz CT molecular complexity index is 430. The third-order valence-corrected chi connectivity index (χ3v) is 4.10. The molecule has 1 spiro atoms. The molecule has 0 bridgehead atoms. The predicted octanol–water partition coefficient (Wildman–Crippen LogP) is 1.72. The standard InChI is InChI=1S/C12H16F3N3O/c13-12(14,15)7-2-1-5-11(6-7)9(19)17-10(18-11)16-8-3-4-8/h7-8H,1-6H2,(H2,16,17,18,19). The zero-order valence-electron chi connectivity index (χ0n) is 10.4. The van der Waals surface area contributed by atoms with Crippen LogP contribution in [0.1, 0.15) is 38.5 Å². The molecular formula is C12H16F3N3O. The van der Waals surface area contributed by atoms with Gasteiger partial charge in [0.05, 0.1) is 12.0 Å². The van der Waals surface area contributed by atoms with Crippen molar-refractivity contribution >= 4 is 11.9 Å². The maximum atomic E-state index is 12.8. The zero-order chi connectivity index (χ0) is 13.7. The number of halogens is 3. The normalized spacial score (nSPS) is 37.5. The van der Waals surface area contributed by atoms with E-state index in [1.807, 2.05) is 0 Å². The van der Waals surface area contributed by atoms with Crippen LogP contribution in [0.15, 0.2) is 4.99 Å². The molecule has 2 saturated carbocycles. The summed E-state index contributed by atoms with van der Waals surface area (Å²) >= 11 is 0. The Hall–Kier alpha value is -1.27. The van der Waals surface area contributed by atoms with Crippen LogP contribution in [0.4, 0.5) is 13.2 Å². The summed E-state index contributed by atoms with van der Waals surface area (Å²) in [6, 6.07) is 0.222. The average Bonchev–Trinajstić information content (AvgIpc) is 3.06. The van der Waals surface area contributed by atoms with Gasteiger partial charge in [-0.3, -0.25) is 10.1 Å². The molecule has 2 aliphatic carbocycles. The number of hydrogen-bond acceptors (Lipinski definition) is 2. The van der Waals surface area contributed by atoms with Gasteiger partial charge in [0.15, 0.2) is 5.96 Å². The quantitative estimate of drug-likeness (QED) is 0.765. The summed E-state index contributed by atoms with van der Waals surface area (Å²) in [5, 5.41) is 5.51. The number of amides is 1. The van der Waals surface area contributed by atoms with E-state index in [1.54, 1.807) is 0 Å². The fraction of sp³-hybridized carbons (Fsp3) is 0.833. The van der Waals surface area contributed by atoms with E-state index in [0.717, 1.165) is 12.8 Å². The number of nitrogens with one attached hydrogen (secondary N) is 2. The van der Waals surface area contributed by atoms with Gasteiger partial charge in [0.1, 0.15) is 5.54 Å². The second kappa shape index (κ2) is 4.11. The van der Waals surface area contributed by atoms with Crippen molar-refractivity contribution in [2.45, 2.75) is 56.3 Å². The fourth-order valence-corrected chi connectivity index (χ4v) is 2.87. The van der Waals surface area contributed by atoms with Gasteiger partial charge >= 0.3 is 6.18 Å². The van der Waals surface area contributed by atoms with Crippen LogP contribution in [0.2, 0.25) is 0 Å². The van der Waals surface area contributed by atoms with E-state index in [4.69, 9.17) is 0 Å². The molecule has 0 radical (unpaired) electrons. The third kappa shape index (κ3) is 2.42. The number of aliphatic imine (C=N–C) groups is 1. The average molecular weight is 275 g/mol. The molecule has 2 unspecified atom stereocenters. The van der Waals surface area contributed by atoms with Crippen LogP contribution in [0.3, 0.4) is 0 Å². The van der Waals surface area contributed by atoms with Gasteiger partial charge in [-0.25, -0.2) is 4.99 Å². The molecule has 0 aromatic heterocycles. The zero-order valence-corrected chi connectivity index (χ0v) is 10.4. The summed E-state index contributed by atoms with van der Waals surface area (Å²) in [5.74, 6) is -1.41. The fourth-order valence-electron chi connectivity index (χ4n) is 2.87. The van der Waals surface area contributed by atoms with Crippen LogP contribution < -0.4 is 10.6 Å². The highest BCUT2D eigenvalue weighted by Crippen LogP contribution is 2.42. The highest BCUT2D eigenvalue weighted by Gasteiger charge is 2.54. The van der Waals surface area contributed by atoms with Crippen LogP contribution in [0, 0.1) is 5.92 Å². The van der Waals surface area contributed by atoms with Gasteiger partial charge in [-0.1, -0.05) is 0 Å². The first-order valence-corrected chi connectivity index (χ1v) is 6.63.